The van der Waals surface area contributed by atoms with Gasteiger partial charge >= 0.3 is 12.0 Å². The summed E-state index contributed by atoms with van der Waals surface area (Å²) in [5.41, 5.74) is 5.97. The molecular weight excluding hydrogens is 286 g/mol. The number of nitrogens with two attached hydrogens (primary N) is 1. The van der Waals surface area contributed by atoms with Crippen molar-refractivity contribution in [2.75, 3.05) is 0 Å². The Bertz CT molecular complexity index is 519. The van der Waals surface area contributed by atoms with Crippen LogP contribution < -0.4 is 16.4 Å². The van der Waals surface area contributed by atoms with E-state index < -0.39 is 23.9 Å². The van der Waals surface area contributed by atoms with Gasteiger partial charge in [-0.25, -0.2) is 4.79 Å². The summed E-state index contributed by atoms with van der Waals surface area (Å²) in [6, 6.07) is 7.56. The number of primary amides is 1. The maximum Gasteiger partial charge on any atom is 0.312 e. The predicted octanol–water partition coefficient (Wildman–Crippen LogP) is 0.636. The minimum absolute atomic E-state index is 0.0462. The number of nitrogens with one attached hydrogen (secondary N) is 2. The first-order valence-corrected chi connectivity index (χ1v) is 7.00. The number of amides is 3. The molecule has 0 heterocycles. The molecule has 1 rings (SSSR count). The van der Waals surface area contributed by atoms with E-state index in [1.54, 1.807) is 0 Å². The van der Waals surface area contributed by atoms with Gasteiger partial charge in [0, 0.05) is 12.5 Å². The Labute approximate surface area is 128 Å². The number of benzene rings is 1. The molecule has 0 spiro atoms. The van der Waals surface area contributed by atoms with Gasteiger partial charge in [0.2, 0.25) is 5.91 Å². The molecule has 2 atom stereocenters. The molecular formula is C15H21N3O4. The van der Waals surface area contributed by atoms with Gasteiger partial charge in [-0.05, 0) is 25.3 Å². The van der Waals surface area contributed by atoms with Crippen LogP contribution in [0.5, 0.6) is 0 Å². The van der Waals surface area contributed by atoms with E-state index in [0.717, 1.165) is 5.56 Å². The van der Waals surface area contributed by atoms with Crippen LogP contribution >= 0.6 is 0 Å². The highest BCUT2D eigenvalue weighted by molar-refractivity contribution is 5.86. The topological polar surface area (TPSA) is 122 Å². The molecule has 5 N–H and O–H groups in total. The van der Waals surface area contributed by atoms with Crippen molar-refractivity contribution in [3.05, 3.63) is 35.9 Å². The van der Waals surface area contributed by atoms with Crippen LogP contribution in [0.15, 0.2) is 30.3 Å². The average Bonchev–Trinajstić information content (AvgIpc) is 2.45. The van der Waals surface area contributed by atoms with E-state index in [1.165, 1.54) is 6.92 Å². The number of rotatable bonds is 8. The van der Waals surface area contributed by atoms with Crippen LogP contribution in [0.4, 0.5) is 4.79 Å². The molecule has 0 aliphatic rings. The number of hydrogen-bond acceptors (Lipinski definition) is 3. The third kappa shape index (κ3) is 6.74. The van der Waals surface area contributed by atoms with Crippen LogP contribution in [-0.2, 0) is 16.0 Å². The van der Waals surface area contributed by atoms with Crippen molar-refractivity contribution >= 4 is 17.9 Å². The molecule has 120 valence electrons. The summed E-state index contributed by atoms with van der Waals surface area (Å²) < 4.78 is 0. The lowest BCUT2D eigenvalue weighted by Gasteiger charge is -2.21. The van der Waals surface area contributed by atoms with Crippen LogP contribution in [0.25, 0.3) is 0 Å². The molecule has 0 fully saturated rings. The van der Waals surface area contributed by atoms with Crippen molar-refractivity contribution in [3.63, 3.8) is 0 Å². The van der Waals surface area contributed by atoms with Crippen molar-refractivity contribution < 1.29 is 19.5 Å². The van der Waals surface area contributed by atoms with E-state index in [2.05, 4.69) is 10.6 Å². The van der Waals surface area contributed by atoms with Crippen molar-refractivity contribution in [1.82, 2.24) is 10.6 Å². The monoisotopic (exact) mass is 307 g/mol. The third-order valence-corrected chi connectivity index (χ3v) is 3.13. The standard InChI is InChI=1S/C15H21N3O4/c1-10(17-15(16)22)14(21)18-12(7-8-13(19)20)9-11-5-3-2-4-6-11/h2-6,10,12H,7-9H2,1H3,(H,18,21)(H,19,20)(H3,16,17,22). The number of urea groups is 1. The fourth-order valence-corrected chi connectivity index (χ4v) is 2.03. The largest absolute Gasteiger partial charge is 0.481 e. The molecule has 0 saturated heterocycles. The Morgan fingerprint density at radius 2 is 1.82 bits per heavy atom. The highest BCUT2D eigenvalue weighted by atomic mass is 16.4. The van der Waals surface area contributed by atoms with Crippen LogP contribution in [0.2, 0.25) is 0 Å². The molecule has 22 heavy (non-hydrogen) atoms. The van der Waals surface area contributed by atoms with Crippen LogP contribution in [0.1, 0.15) is 25.3 Å². The summed E-state index contributed by atoms with van der Waals surface area (Å²) in [6.45, 7) is 1.51. The number of carbonyl (C=O) groups excluding carboxylic acids is 2. The third-order valence-electron chi connectivity index (χ3n) is 3.13. The minimum Gasteiger partial charge on any atom is -0.481 e. The maximum atomic E-state index is 12.0. The number of carboxylic acid groups (broad SMARTS) is 1. The van der Waals surface area contributed by atoms with Gasteiger partial charge < -0.3 is 21.5 Å². The van der Waals surface area contributed by atoms with Crippen molar-refractivity contribution in [2.45, 2.75) is 38.3 Å². The lowest BCUT2D eigenvalue weighted by atomic mass is 10.0. The van der Waals surface area contributed by atoms with Crippen LogP contribution in [0, 0.1) is 0 Å². The van der Waals surface area contributed by atoms with Gasteiger partial charge in [-0.2, -0.15) is 0 Å². The Morgan fingerprint density at radius 3 is 2.36 bits per heavy atom. The minimum atomic E-state index is -0.921. The quantitative estimate of drug-likeness (QED) is 0.563. The second-order valence-corrected chi connectivity index (χ2v) is 5.06. The molecule has 0 saturated carbocycles. The van der Waals surface area contributed by atoms with Gasteiger partial charge in [0.1, 0.15) is 6.04 Å². The number of carboxylic acids is 1. The summed E-state index contributed by atoms with van der Waals surface area (Å²) in [4.78, 5) is 33.5. The van der Waals surface area contributed by atoms with Gasteiger partial charge in [0.15, 0.2) is 0 Å². The number of hydrogen-bond donors (Lipinski definition) is 4. The smallest absolute Gasteiger partial charge is 0.312 e. The molecule has 0 radical (unpaired) electrons. The van der Waals surface area contributed by atoms with Crippen molar-refractivity contribution in [1.29, 1.82) is 0 Å². The number of carbonyl (C=O) groups is 3. The first-order chi connectivity index (χ1) is 10.4. The second kappa shape index (κ2) is 8.66. The normalized spacial score (nSPS) is 13.0. The molecule has 1 aromatic carbocycles. The molecule has 0 aromatic heterocycles. The van der Waals surface area contributed by atoms with Gasteiger partial charge in [-0.15, -0.1) is 0 Å². The molecule has 1 aromatic rings. The molecule has 7 heteroatoms. The van der Waals surface area contributed by atoms with E-state index in [1.807, 2.05) is 30.3 Å². The van der Waals surface area contributed by atoms with Crippen LogP contribution in [0.3, 0.4) is 0 Å². The molecule has 7 nitrogen and oxygen atoms in total. The van der Waals surface area contributed by atoms with E-state index in [4.69, 9.17) is 10.8 Å². The Balaban J connectivity index is 2.66. The summed E-state index contributed by atoms with van der Waals surface area (Å²) >= 11 is 0. The Kier molecular flexibility index (Phi) is 6.88. The molecule has 0 aliphatic heterocycles. The zero-order chi connectivity index (χ0) is 16.5. The van der Waals surface area contributed by atoms with Gasteiger partial charge in [0.25, 0.3) is 0 Å². The highest BCUT2D eigenvalue weighted by Crippen LogP contribution is 2.08. The van der Waals surface area contributed by atoms with Gasteiger partial charge in [-0.1, -0.05) is 30.3 Å². The van der Waals surface area contributed by atoms with Gasteiger partial charge in [0.05, 0.1) is 0 Å². The number of aliphatic carboxylic acids is 1. The fraction of sp³-hybridized carbons (Fsp3) is 0.400. The summed E-state index contributed by atoms with van der Waals surface area (Å²) in [5.74, 6) is -1.32. The SMILES string of the molecule is CC(NC(N)=O)C(=O)NC(CCC(=O)O)Cc1ccccc1. The van der Waals surface area contributed by atoms with E-state index in [9.17, 15) is 14.4 Å². The average molecular weight is 307 g/mol. The van der Waals surface area contributed by atoms with E-state index >= 15 is 0 Å². The zero-order valence-electron chi connectivity index (χ0n) is 12.4. The molecule has 0 bridgehead atoms. The first kappa shape index (κ1) is 17.5. The first-order valence-electron chi connectivity index (χ1n) is 7.00. The maximum absolute atomic E-state index is 12.0. The molecule has 2 unspecified atom stereocenters. The lowest BCUT2D eigenvalue weighted by molar-refractivity contribution is -0.137. The Hall–Kier alpha value is -2.57. The summed E-state index contributed by atoms with van der Waals surface area (Å²) in [7, 11) is 0. The summed E-state index contributed by atoms with van der Waals surface area (Å²) in [5, 5.41) is 13.8. The van der Waals surface area contributed by atoms with Crippen molar-refractivity contribution in [3.8, 4) is 0 Å². The predicted molar refractivity (Wildman–Crippen MR) is 81.1 cm³/mol. The Morgan fingerprint density at radius 1 is 1.18 bits per heavy atom. The van der Waals surface area contributed by atoms with Gasteiger partial charge in [-0.3, -0.25) is 9.59 Å². The molecule has 0 aliphatic carbocycles. The van der Waals surface area contributed by atoms with Crippen molar-refractivity contribution in [2.24, 2.45) is 5.73 Å². The second-order valence-electron chi connectivity index (χ2n) is 5.06. The highest BCUT2D eigenvalue weighted by Gasteiger charge is 2.19. The van der Waals surface area contributed by atoms with E-state index in [0.29, 0.717) is 12.8 Å². The molecule has 3 amide bonds. The van der Waals surface area contributed by atoms with E-state index in [-0.39, 0.29) is 12.5 Å². The van der Waals surface area contributed by atoms with Crippen LogP contribution in [-0.4, -0.2) is 35.1 Å². The fourth-order valence-electron chi connectivity index (χ4n) is 2.03. The zero-order valence-corrected chi connectivity index (χ0v) is 12.4. The summed E-state index contributed by atoms with van der Waals surface area (Å²) in [6.07, 6.45) is 0.776. The lowest BCUT2D eigenvalue weighted by Crippen LogP contribution is -2.50.